The number of ether oxygens (including phenoxy) is 1. The van der Waals surface area contributed by atoms with Crippen LogP contribution in [-0.4, -0.2) is 40.0 Å². The highest BCUT2D eigenvalue weighted by atomic mass is 79.9. The molecule has 3 aromatic rings. The first-order valence-corrected chi connectivity index (χ1v) is 8.63. The lowest BCUT2D eigenvalue weighted by atomic mass is 10.1. The number of rotatable bonds is 3. The molecule has 122 valence electrons. The number of benzene rings is 1. The van der Waals surface area contributed by atoms with E-state index in [1.807, 2.05) is 41.3 Å². The van der Waals surface area contributed by atoms with E-state index in [1.54, 1.807) is 12.4 Å². The van der Waals surface area contributed by atoms with Crippen LogP contribution < -0.4 is 4.74 Å². The number of fused-ring (bicyclic) bond motifs is 1. The van der Waals surface area contributed by atoms with Gasteiger partial charge in [0.1, 0.15) is 6.10 Å². The molecule has 0 radical (unpaired) electrons. The fraction of sp³-hybridized carbons (Fsp3) is 0.222. The first kappa shape index (κ1) is 15.2. The Morgan fingerprint density at radius 2 is 2.17 bits per heavy atom. The Kier molecular flexibility index (Phi) is 3.98. The quantitative estimate of drug-likeness (QED) is 0.748. The Labute approximate surface area is 147 Å². The summed E-state index contributed by atoms with van der Waals surface area (Å²) in [6.45, 7) is 1.27. The van der Waals surface area contributed by atoms with Gasteiger partial charge < -0.3 is 14.6 Å². The molecule has 4 rings (SSSR count). The highest BCUT2D eigenvalue weighted by Gasteiger charge is 2.29. The molecule has 1 saturated heterocycles. The Bertz CT molecular complexity index is 875. The van der Waals surface area contributed by atoms with Crippen molar-refractivity contribution in [2.75, 3.05) is 13.1 Å². The number of nitrogens with one attached hydrogen (secondary N) is 1. The summed E-state index contributed by atoms with van der Waals surface area (Å²) in [6, 6.07) is 11.6. The van der Waals surface area contributed by atoms with Gasteiger partial charge in [-0.05, 0) is 28.1 Å². The zero-order valence-corrected chi connectivity index (χ0v) is 14.5. The van der Waals surface area contributed by atoms with Gasteiger partial charge in [0.15, 0.2) is 0 Å². The van der Waals surface area contributed by atoms with Crippen LogP contribution in [0.15, 0.2) is 53.3 Å². The maximum atomic E-state index is 12.8. The molecule has 1 atom stereocenters. The van der Waals surface area contributed by atoms with Gasteiger partial charge in [-0.2, -0.15) is 0 Å². The number of amides is 1. The van der Waals surface area contributed by atoms with E-state index in [0.29, 0.717) is 24.5 Å². The molecular weight excluding hydrogens is 370 g/mol. The lowest BCUT2D eigenvalue weighted by Crippen LogP contribution is -2.30. The second-order valence-corrected chi connectivity index (χ2v) is 6.76. The number of likely N-dealkylation sites (tertiary alicyclic amines) is 1. The summed E-state index contributed by atoms with van der Waals surface area (Å²) in [5, 5.41) is 0.960. The second kappa shape index (κ2) is 6.28. The van der Waals surface area contributed by atoms with Crippen LogP contribution >= 0.6 is 15.9 Å². The number of hydrogen-bond donors (Lipinski definition) is 1. The van der Waals surface area contributed by atoms with Crippen molar-refractivity contribution in [2.24, 2.45) is 0 Å². The SMILES string of the molecule is O=C(c1c[nH]c2ccccc12)N1CCC(Oc2ccc(Br)cn2)C1. The van der Waals surface area contributed by atoms with Gasteiger partial charge in [-0.25, -0.2) is 4.98 Å². The van der Waals surface area contributed by atoms with E-state index in [4.69, 9.17) is 4.74 Å². The van der Waals surface area contributed by atoms with E-state index < -0.39 is 0 Å². The van der Waals surface area contributed by atoms with Gasteiger partial charge in [-0.15, -0.1) is 0 Å². The molecule has 1 aliphatic heterocycles. The summed E-state index contributed by atoms with van der Waals surface area (Å²) in [5.41, 5.74) is 1.69. The number of hydrogen-bond acceptors (Lipinski definition) is 3. The molecule has 0 aliphatic carbocycles. The van der Waals surface area contributed by atoms with Crippen molar-refractivity contribution < 1.29 is 9.53 Å². The number of H-pyrrole nitrogens is 1. The van der Waals surface area contributed by atoms with Crippen LogP contribution in [0.3, 0.4) is 0 Å². The molecule has 1 amide bonds. The standard InChI is InChI=1S/C18H16BrN3O2/c19-12-5-6-17(21-9-12)24-13-7-8-22(11-13)18(23)15-10-20-16-4-2-1-3-14(15)16/h1-6,9-10,13,20H,7-8,11H2. The fourth-order valence-corrected chi connectivity index (χ4v) is 3.26. The molecule has 1 fully saturated rings. The molecule has 0 saturated carbocycles. The summed E-state index contributed by atoms with van der Waals surface area (Å²) in [5.74, 6) is 0.631. The van der Waals surface area contributed by atoms with Crippen molar-refractivity contribution in [3.8, 4) is 5.88 Å². The number of carbonyl (C=O) groups excluding carboxylic acids is 1. The minimum atomic E-state index is -0.0205. The predicted octanol–water partition coefficient (Wildman–Crippen LogP) is 3.62. The van der Waals surface area contributed by atoms with Crippen LogP contribution in [0.2, 0.25) is 0 Å². The third kappa shape index (κ3) is 2.89. The van der Waals surface area contributed by atoms with E-state index in [2.05, 4.69) is 25.9 Å². The number of carbonyl (C=O) groups is 1. The van der Waals surface area contributed by atoms with Gasteiger partial charge in [-0.3, -0.25) is 4.79 Å². The van der Waals surface area contributed by atoms with Crippen molar-refractivity contribution in [3.63, 3.8) is 0 Å². The Hall–Kier alpha value is -2.34. The van der Waals surface area contributed by atoms with Crippen LogP contribution in [0, 0.1) is 0 Å². The lowest BCUT2D eigenvalue weighted by molar-refractivity contribution is 0.0773. The molecule has 1 aliphatic rings. The number of aromatic amines is 1. The highest BCUT2D eigenvalue weighted by Crippen LogP contribution is 2.23. The molecule has 0 spiro atoms. The minimum absolute atomic E-state index is 0.0205. The van der Waals surface area contributed by atoms with Crippen molar-refractivity contribution >= 4 is 32.7 Å². The fourth-order valence-electron chi connectivity index (χ4n) is 3.03. The van der Waals surface area contributed by atoms with Crippen molar-refractivity contribution in [1.82, 2.24) is 14.9 Å². The van der Waals surface area contributed by atoms with E-state index in [9.17, 15) is 4.79 Å². The van der Waals surface area contributed by atoms with Crippen molar-refractivity contribution in [3.05, 3.63) is 58.8 Å². The number of halogens is 1. The Morgan fingerprint density at radius 3 is 3.00 bits per heavy atom. The first-order chi connectivity index (χ1) is 11.7. The normalized spacial score (nSPS) is 17.4. The van der Waals surface area contributed by atoms with Crippen LogP contribution in [0.1, 0.15) is 16.8 Å². The van der Waals surface area contributed by atoms with Gasteiger partial charge in [0.25, 0.3) is 5.91 Å². The van der Waals surface area contributed by atoms with Crippen LogP contribution in [0.25, 0.3) is 10.9 Å². The molecule has 5 nitrogen and oxygen atoms in total. The Balaban J connectivity index is 1.46. The smallest absolute Gasteiger partial charge is 0.256 e. The second-order valence-electron chi connectivity index (χ2n) is 5.84. The highest BCUT2D eigenvalue weighted by molar-refractivity contribution is 9.10. The summed E-state index contributed by atoms with van der Waals surface area (Å²) in [4.78, 5) is 22.0. The van der Waals surface area contributed by atoms with Crippen molar-refractivity contribution in [2.45, 2.75) is 12.5 Å². The molecule has 6 heteroatoms. The largest absolute Gasteiger partial charge is 0.472 e. The first-order valence-electron chi connectivity index (χ1n) is 7.84. The van der Waals surface area contributed by atoms with Crippen LogP contribution in [0.5, 0.6) is 5.88 Å². The molecule has 2 aromatic heterocycles. The molecule has 1 aromatic carbocycles. The molecule has 0 bridgehead atoms. The van der Waals surface area contributed by atoms with Gasteiger partial charge in [0.2, 0.25) is 5.88 Å². The number of pyridine rings is 1. The van der Waals surface area contributed by atoms with Gasteiger partial charge in [0, 0.05) is 46.8 Å². The zero-order chi connectivity index (χ0) is 16.5. The minimum Gasteiger partial charge on any atom is -0.472 e. The Morgan fingerprint density at radius 1 is 1.29 bits per heavy atom. The topological polar surface area (TPSA) is 58.2 Å². The maximum absolute atomic E-state index is 12.8. The molecular formula is C18H16BrN3O2. The van der Waals surface area contributed by atoms with E-state index >= 15 is 0 Å². The van der Waals surface area contributed by atoms with E-state index in [1.165, 1.54) is 0 Å². The monoisotopic (exact) mass is 385 g/mol. The average molecular weight is 386 g/mol. The average Bonchev–Trinajstić information content (AvgIpc) is 3.23. The zero-order valence-electron chi connectivity index (χ0n) is 12.9. The van der Waals surface area contributed by atoms with Gasteiger partial charge >= 0.3 is 0 Å². The molecule has 24 heavy (non-hydrogen) atoms. The summed E-state index contributed by atoms with van der Waals surface area (Å²) >= 11 is 3.35. The lowest BCUT2D eigenvalue weighted by Gasteiger charge is -2.16. The summed E-state index contributed by atoms with van der Waals surface area (Å²) in [7, 11) is 0. The number of para-hydroxylation sites is 1. The number of aromatic nitrogens is 2. The summed E-state index contributed by atoms with van der Waals surface area (Å²) < 4.78 is 6.80. The van der Waals surface area contributed by atoms with E-state index in [-0.39, 0.29) is 12.0 Å². The van der Waals surface area contributed by atoms with Crippen LogP contribution in [-0.2, 0) is 0 Å². The van der Waals surface area contributed by atoms with E-state index in [0.717, 1.165) is 21.8 Å². The van der Waals surface area contributed by atoms with Crippen LogP contribution in [0.4, 0.5) is 0 Å². The van der Waals surface area contributed by atoms with Gasteiger partial charge in [-0.1, -0.05) is 18.2 Å². The predicted molar refractivity (Wildman–Crippen MR) is 95.2 cm³/mol. The van der Waals surface area contributed by atoms with Crippen molar-refractivity contribution in [1.29, 1.82) is 0 Å². The third-order valence-corrected chi connectivity index (χ3v) is 4.71. The molecule has 1 unspecified atom stereocenters. The summed E-state index contributed by atoms with van der Waals surface area (Å²) in [6.07, 6.45) is 4.29. The molecule has 3 heterocycles. The maximum Gasteiger partial charge on any atom is 0.256 e. The third-order valence-electron chi connectivity index (χ3n) is 4.24. The van der Waals surface area contributed by atoms with Gasteiger partial charge in [0.05, 0.1) is 12.1 Å². The number of nitrogens with zero attached hydrogens (tertiary/aromatic N) is 2. The molecule has 1 N–H and O–H groups in total.